The molecule has 0 aliphatic carbocycles. The van der Waals surface area contributed by atoms with Gasteiger partial charge in [0, 0.05) is 5.39 Å². The van der Waals surface area contributed by atoms with Gasteiger partial charge in [0.05, 0.1) is 6.20 Å². The Balaban J connectivity index is 1.93. The molecule has 4 aromatic rings. The fourth-order valence-electron chi connectivity index (χ4n) is 2.07. The molecule has 94 valence electrons. The standard InChI is InChI=1S/C13H8FN3OS/c1-7-16-17-6-10(15-13(17)19-7)11-5-8-3-2-4-9(14)12(8)18-11/h2-6H,1H3. The first-order valence-corrected chi connectivity index (χ1v) is 6.53. The Morgan fingerprint density at radius 2 is 2.26 bits per heavy atom. The van der Waals surface area contributed by atoms with Gasteiger partial charge < -0.3 is 4.42 Å². The van der Waals surface area contributed by atoms with E-state index >= 15 is 0 Å². The number of hydrogen-bond donors (Lipinski definition) is 0. The first-order chi connectivity index (χ1) is 9.20. The molecule has 0 saturated carbocycles. The smallest absolute Gasteiger partial charge is 0.212 e. The van der Waals surface area contributed by atoms with Crippen LogP contribution >= 0.6 is 11.3 Å². The zero-order chi connectivity index (χ0) is 13.0. The van der Waals surface area contributed by atoms with E-state index in [2.05, 4.69) is 10.1 Å². The highest BCUT2D eigenvalue weighted by Crippen LogP contribution is 2.29. The second-order valence-electron chi connectivity index (χ2n) is 4.24. The van der Waals surface area contributed by atoms with Gasteiger partial charge in [0.2, 0.25) is 4.96 Å². The quantitative estimate of drug-likeness (QED) is 0.531. The summed E-state index contributed by atoms with van der Waals surface area (Å²) in [5.41, 5.74) is 0.923. The SMILES string of the molecule is Cc1nn2cc(-c3cc4cccc(F)c4o3)nc2s1. The molecule has 0 aliphatic rings. The summed E-state index contributed by atoms with van der Waals surface area (Å²) in [6, 6.07) is 6.64. The van der Waals surface area contributed by atoms with Crippen molar-refractivity contribution < 1.29 is 8.81 Å². The fraction of sp³-hybridized carbons (Fsp3) is 0.0769. The van der Waals surface area contributed by atoms with Gasteiger partial charge in [0.15, 0.2) is 17.2 Å². The summed E-state index contributed by atoms with van der Waals surface area (Å²) in [5.74, 6) is 0.189. The Morgan fingerprint density at radius 1 is 1.37 bits per heavy atom. The van der Waals surface area contributed by atoms with Gasteiger partial charge in [-0.3, -0.25) is 0 Å². The van der Waals surface area contributed by atoms with Crippen LogP contribution < -0.4 is 0 Å². The maximum absolute atomic E-state index is 13.6. The van der Waals surface area contributed by atoms with Crippen molar-refractivity contribution in [2.45, 2.75) is 6.92 Å². The molecule has 0 saturated heterocycles. The van der Waals surface area contributed by atoms with E-state index in [1.165, 1.54) is 17.4 Å². The summed E-state index contributed by atoms with van der Waals surface area (Å²) in [7, 11) is 0. The van der Waals surface area contributed by atoms with Gasteiger partial charge in [-0.1, -0.05) is 23.5 Å². The molecule has 4 nitrogen and oxygen atoms in total. The van der Waals surface area contributed by atoms with Crippen molar-refractivity contribution in [1.29, 1.82) is 0 Å². The summed E-state index contributed by atoms with van der Waals surface area (Å²) in [6.45, 7) is 1.93. The molecule has 3 heterocycles. The zero-order valence-corrected chi connectivity index (χ0v) is 10.7. The van der Waals surface area contributed by atoms with Crippen LogP contribution in [-0.2, 0) is 0 Å². The van der Waals surface area contributed by atoms with E-state index in [-0.39, 0.29) is 11.4 Å². The number of fused-ring (bicyclic) bond motifs is 2. The lowest BCUT2D eigenvalue weighted by molar-refractivity contribution is 0.568. The molecular weight excluding hydrogens is 265 g/mol. The highest BCUT2D eigenvalue weighted by Gasteiger charge is 2.13. The summed E-state index contributed by atoms with van der Waals surface area (Å²) in [4.78, 5) is 5.23. The summed E-state index contributed by atoms with van der Waals surface area (Å²) >= 11 is 1.50. The van der Waals surface area contributed by atoms with Crippen LogP contribution in [0.4, 0.5) is 4.39 Å². The second-order valence-corrected chi connectivity index (χ2v) is 5.40. The lowest BCUT2D eigenvalue weighted by Gasteiger charge is -1.89. The number of hydrogen-bond acceptors (Lipinski definition) is 4. The molecule has 0 N–H and O–H groups in total. The Kier molecular flexibility index (Phi) is 2.05. The number of imidazole rings is 1. The van der Waals surface area contributed by atoms with Crippen LogP contribution in [0.15, 0.2) is 34.9 Å². The van der Waals surface area contributed by atoms with Crippen molar-refractivity contribution in [2.75, 3.05) is 0 Å². The van der Waals surface area contributed by atoms with Crippen molar-refractivity contribution >= 4 is 27.3 Å². The van der Waals surface area contributed by atoms with E-state index in [9.17, 15) is 4.39 Å². The van der Waals surface area contributed by atoms with Gasteiger partial charge >= 0.3 is 0 Å². The van der Waals surface area contributed by atoms with Crippen LogP contribution in [0.1, 0.15) is 5.01 Å². The number of halogens is 1. The Morgan fingerprint density at radius 3 is 3.05 bits per heavy atom. The van der Waals surface area contributed by atoms with Gasteiger partial charge in [-0.2, -0.15) is 5.10 Å². The van der Waals surface area contributed by atoms with Crippen LogP contribution in [0, 0.1) is 12.7 Å². The molecular formula is C13H8FN3OS. The molecule has 0 atom stereocenters. The molecule has 0 unspecified atom stereocenters. The van der Waals surface area contributed by atoms with Crippen LogP contribution in [0.2, 0.25) is 0 Å². The number of para-hydroxylation sites is 1. The molecule has 0 aliphatic heterocycles. The number of furan rings is 1. The molecule has 0 spiro atoms. The maximum atomic E-state index is 13.6. The number of aromatic nitrogens is 3. The Labute approximate surface area is 111 Å². The predicted molar refractivity (Wildman–Crippen MR) is 70.8 cm³/mol. The molecule has 0 amide bonds. The summed E-state index contributed by atoms with van der Waals surface area (Å²) in [5, 5.41) is 5.97. The number of benzene rings is 1. The van der Waals surface area contributed by atoms with E-state index in [0.717, 1.165) is 15.4 Å². The summed E-state index contributed by atoms with van der Waals surface area (Å²) in [6.07, 6.45) is 1.79. The minimum Gasteiger partial charge on any atom is -0.451 e. The molecule has 19 heavy (non-hydrogen) atoms. The van der Waals surface area contributed by atoms with E-state index in [1.807, 2.05) is 13.0 Å². The van der Waals surface area contributed by atoms with Crippen molar-refractivity contribution in [3.63, 3.8) is 0 Å². The normalized spacial score (nSPS) is 11.7. The van der Waals surface area contributed by atoms with Crippen molar-refractivity contribution in [3.8, 4) is 11.5 Å². The van der Waals surface area contributed by atoms with Crippen molar-refractivity contribution in [3.05, 3.63) is 41.3 Å². The van der Waals surface area contributed by atoms with Crippen LogP contribution in [0.25, 0.3) is 27.4 Å². The minimum absolute atomic E-state index is 0.262. The maximum Gasteiger partial charge on any atom is 0.212 e. The van der Waals surface area contributed by atoms with Crippen LogP contribution in [0.5, 0.6) is 0 Å². The molecule has 4 rings (SSSR count). The molecule has 0 fully saturated rings. The number of rotatable bonds is 1. The Hall–Kier alpha value is -2.21. The average molecular weight is 273 g/mol. The molecule has 6 heteroatoms. The zero-order valence-electron chi connectivity index (χ0n) is 9.92. The van der Waals surface area contributed by atoms with Gasteiger partial charge in [-0.25, -0.2) is 13.9 Å². The largest absolute Gasteiger partial charge is 0.451 e. The minimum atomic E-state index is -0.362. The molecule has 3 aromatic heterocycles. The monoisotopic (exact) mass is 273 g/mol. The highest BCUT2D eigenvalue weighted by molar-refractivity contribution is 7.16. The van der Waals surface area contributed by atoms with Crippen LogP contribution in [0.3, 0.4) is 0 Å². The highest BCUT2D eigenvalue weighted by atomic mass is 32.1. The Bertz CT molecular complexity index is 874. The van der Waals surface area contributed by atoms with E-state index < -0.39 is 0 Å². The number of nitrogens with zero attached hydrogens (tertiary/aromatic N) is 3. The van der Waals surface area contributed by atoms with Crippen LogP contribution in [-0.4, -0.2) is 14.6 Å². The van der Waals surface area contributed by atoms with Gasteiger partial charge in [-0.05, 0) is 19.1 Å². The lowest BCUT2D eigenvalue weighted by atomic mass is 10.2. The molecule has 0 radical (unpaired) electrons. The third-order valence-electron chi connectivity index (χ3n) is 2.89. The van der Waals surface area contributed by atoms with E-state index in [0.29, 0.717) is 11.5 Å². The second kappa shape index (κ2) is 3.64. The average Bonchev–Trinajstić information content (AvgIpc) is 3.00. The third kappa shape index (κ3) is 1.57. The van der Waals surface area contributed by atoms with Gasteiger partial charge in [0.25, 0.3) is 0 Å². The summed E-state index contributed by atoms with van der Waals surface area (Å²) < 4.78 is 20.8. The van der Waals surface area contributed by atoms with Crippen molar-refractivity contribution in [2.24, 2.45) is 0 Å². The van der Waals surface area contributed by atoms with Gasteiger partial charge in [-0.15, -0.1) is 0 Å². The van der Waals surface area contributed by atoms with E-state index in [4.69, 9.17) is 4.42 Å². The third-order valence-corrected chi connectivity index (χ3v) is 3.73. The molecule has 1 aromatic carbocycles. The predicted octanol–water partition coefficient (Wildman–Crippen LogP) is 3.65. The first kappa shape index (κ1) is 10.7. The topological polar surface area (TPSA) is 43.3 Å². The van der Waals surface area contributed by atoms with Crippen molar-refractivity contribution in [1.82, 2.24) is 14.6 Å². The van der Waals surface area contributed by atoms with E-state index in [1.54, 1.807) is 22.8 Å². The van der Waals surface area contributed by atoms with Gasteiger partial charge in [0.1, 0.15) is 10.7 Å². The fourth-order valence-corrected chi connectivity index (χ4v) is 2.80. The number of aryl methyl sites for hydroxylation is 1. The lowest BCUT2D eigenvalue weighted by Crippen LogP contribution is -1.79. The molecule has 0 bridgehead atoms. The first-order valence-electron chi connectivity index (χ1n) is 5.72.